The third-order valence-electron chi connectivity index (χ3n) is 4.53. The molecule has 20 heavy (non-hydrogen) atoms. The van der Waals surface area contributed by atoms with Crippen molar-refractivity contribution < 1.29 is 8.78 Å². The molecule has 1 aliphatic carbocycles. The Morgan fingerprint density at radius 3 is 2.25 bits per heavy atom. The van der Waals surface area contributed by atoms with E-state index in [-0.39, 0.29) is 10.8 Å². The van der Waals surface area contributed by atoms with Crippen LogP contribution in [0.3, 0.4) is 0 Å². The van der Waals surface area contributed by atoms with Gasteiger partial charge < -0.3 is 0 Å². The van der Waals surface area contributed by atoms with Crippen LogP contribution >= 0.6 is 11.6 Å². The summed E-state index contributed by atoms with van der Waals surface area (Å²) < 4.78 is 26.5. The maximum atomic E-state index is 13.3. The van der Waals surface area contributed by atoms with E-state index in [0.29, 0.717) is 23.8 Å². The predicted octanol–water partition coefficient (Wildman–Crippen LogP) is 5.58. The average molecular weight is 301 g/mol. The lowest BCUT2D eigenvalue weighted by molar-refractivity contribution is 0.144. The monoisotopic (exact) mass is 300 g/mol. The van der Waals surface area contributed by atoms with Crippen molar-refractivity contribution in [2.45, 2.75) is 51.8 Å². The van der Waals surface area contributed by atoms with Crippen LogP contribution in [0.1, 0.15) is 45.6 Å². The fourth-order valence-electron chi connectivity index (χ4n) is 3.26. The zero-order valence-electron chi connectivity index (χ0n) is 12.4. The number of hydrogen-bond acceptors (Lipinski definition) is 0. The normalized spacial score (nSPS) is 27.6. The Balaban J connectivity index is 2.10. The summed E-state index contributed by atoms with van der Waals surface area (Å²) >= 11 is 6.44. The highest BCUT2D eigenvalue weighted by Crippen LogP contribution is 2.43. The van der Waals surface area contributed by atoms with Crippen LogP contribution < -0.4 is 0 Å². The summed E-state index contributed by atoms with van der Waals surface area (Å²) in [6.45, 7) is 6.77. The lowest BCUT2D eigenvalue weighted by Gasteiger charge is -2.40. The van der Waals surface area contributed by atoms with Crippen LogP contribution in [0.2, 0.25) is 0 Å². The molecular weight excluding hydrogens is 278 g/mol. The van der Waals surface area contributed by atoms with Crippen LogP contribution in [-0.4, -0.2) is 5.38 Å². The van der Waals surface area contributed by atoms with E-state index in [1.807, 2.05) is 0 Å². The Hall–Kier alpha value is -0.630. The summed E-state index contributed by atoms with van der Waals surface area (Å²) in [5.74, 6) is -0.0830. The summed E-state index contributed by atoms with van der Waals surface area (Å²) in [5, 5.41) is 0.111. The molecule has 0 heterocycles. The van der Waals surface area contributed by atoms with Crippen molar-refractivity contribution in [3.63, 3.8) is 0 Å². The first kappa shape index (κ1) is 15.8. The molecule has 1 saturated carbocycles. The Morgan fingerprint density at radius 1 is 1.10 bits per heavy atom. The van der Waals surface area contributed by atoms with E-state index in [2.05, 4.69) is 20.8 Å². The van der Waals surface area contributed by atoms with Crippen LogP contribution in [0.5, 0.6) is 0 Å². The van der Waals surface area contributed by atoms with Gasteiger partial charge in [0.05, 0.1) is 0 Å². The van der Waals surface area contributed by atoms with E-state index < -0.39 is 11.6 Å². The van der Waals surface area contributed by atoms with Gasteiger partial charge in [-0.2, -0.15) is 0 Å². The van der Waals surface area contributed by atoms with Crippen LogP contribution in [0.15, 0.2) is 18.2 Å². The van der Waals surface area contributed by atoms with E-state index in [1.54, 1.807) is 0 Å². The molecule has 1 aromatic rings. The molecule has 3 unspecified atom stereocenters. The van der Waals surface area contributed by atoms with Gasteiger partial charge in [-0.25, -0.2) is 8.78 Å². The quantitative estimate of drug-likeness (QED) is 0.626. The van der Waals surface area contributed by atoms with Gasteiger partial charge in [0.2, 0.25) is 0 Å². The molecular formula is C17H23ClF2. The molecule has 0 nitrogen and oxygen atoms in total. The molecule has 2 rings (SSSR count). The molecule has 3 atom stereocenters. The van der Waals surface area contributed by atoms with Gasteiger partial charge in [-0.15, -0.1) is 11.6 Å². The van der Waals surface area contributed by atoms with Crippen LogP contribution in [-0.2, 0) is 6.42 Å². The molecule has 0 aromatic heterocycles. The maximum absolute atomic E-state index is 13.3. The Morgan fingerprint density at radius 2 is 1.70 bits per heavy atom. The Bertz CT molecular complexity index is 444. The molecule has 3 heteroatoms. The lowest BCUT2D eigenvalue weighted by atomic mass is 9.68. The minimum absolute atomic E-state index is 0.111. The van der Waals surface area contributed by atoms with Crippen molar-refractivity contribution in [1.82, 2.24) is 0 Å². The van der Waals surface area contributed by atoms with Gasteiger partial charge in [0.25, 0.3) is 0 Å². The molecule has 1 aromatic carbocycles. The van der Waals surface area contributed by atoms with Gasteiger partial charge in [-0.3, -0.25) is 0 Å². The first-order chi connectivity index (χ1) is 9.25. The molecule has 0 amide bonds. The van der Waals surface area contributed by atoms with Gasteiger partial charge in [0.15, 0.2) is 0 Å². The van der Waals surface area contributed by atoms with Gasteiger partial charge in [0.1, 0.15) is 11.6 Å². The lowest BCUT2D eigenvalue weighted by Crippen LogP contribution is -2.33. The molecule has 0 bridgehead atoms. The second kappa shape index (κ2) is 6.01. The molecule has 1 fully saturated rings. The second-order valence-corrected chi connectivity index (χ2v) is 7.69. The smallest absolute Gasteiger partial charge is 0.126 e. The molecule has 0 saturated heterocycles. The summed E-state index contributed by atoms with van der Waals surface area (Å²) in [6.07, 6.45) is 3.84. The summed E-state index contributed by atoms with van der Waals surface area (Å²) in [5.41, 5.74) is 0.982. The SMILES string of the molecule is CC(C)(C)C1CCC(Cl)C(Cc2cc(F)cc(F)c2)C1. The number of alkyl halides is 1. The van der Waals surface area contributed by atoms with Crippen molar-refractivity contribution in [3.8, 4) is 0 Å². The van der Waals surface area contributed by atoms with Gasteiger partial charge in [-0.1, -0.05) is 20.8 Å². The second-order valence-electron chi connectivity index (χ2n) is 7.13. The van der Waals surface area contributed by atoms with E-state index in [4.69, 9.17) is 11.6 Å². The van der Waals surface area contributed by atoms with Crippen LogP contribution in [0, 0.1) is 28.9 Å². The number of hydrogen-bond donors (Lipinski definition) is 0. The Labute approximate surface area is 125 Å². The van der Waals surface area contributed by atoms with Crippen molar-refractivity contribution in [3.05, 3.63) is 35.4 Å². The zero-order chi connectivity index (χ0) is 14.9. The number of halogens is 3. The zero-order valence-corrected chi connectivity index (χ0v) is 13.2. The standard InChI is InChI=1S/C17H23ClF2/c1-17(2,3)13-4-5-16(18)12(9-13)6-11-7-14(19)10-15(20)8-11/h7-8,10,12-13,16H,4-6,9H2,1-3H3. The number of rotatable bonds is 2. The maximum Gasteiger partial charge on any atom is 0.126 e. The molecule has 0 radical (unpaired) electrons. The highest BCUT2D eigenvalue weighted by Gasteiger charge is 2.35. The van der Waals surface area contributed by atoms with E-state index in [1.165, 1.54) is 12.1 Å². The Kier molecular flexibility index (Phi) is 4.73. The minimum Gasteiger partial charge on any atom is -0.207 e. The molecule has 0 N–H and O–H groups in total. The fraction of sp³-hybridized carbons (Fsp3) is 0.647. The minimum atomic E-state index is -0.505. The van der Waals surface area contributed by atoms with Crippen LogP contribution in [0.4, 0.5) is 8.78 Å². The fourth-order valence-corrected chi connectivity index (χ4v) is 3.57. The number of benzene rings is 1. The predicted molar refractivity (Wildman–Crippen MR) is 80.0 cm³/mol. The molecule has 1 aliphatic rings. The van der Waals surface area contributed by atoms with Crippen molar-refractivity contribution in [1.29, 1.82) is 0 Å². The van der Waals surface area contributed by atoms with E-state index >= 15 is 0 Å². The first-order valence-electron chi connectivity index (χ1n) is 7.35. The highest BCUT2D eigenvalue weighted by molar-refractivity contribution is 6.20. The van der Waals surface area contributed by atoms with Gasteiger partial charge in [-0.05, 0) is 60.6 Å². The average Bonchev–Trinajstić information content (AvgIpc) is 2.29. The molecule has 0 spiro atoms. The van der Waals surface area contributed by atoms with Crippen molar-refractivity contribution in [2.75, 3.05) is 0 Å². The van der Waals surface area contributed by atoms with Crippen molar-refractivity contribution in [2.24, 2.45) is 17.3 Å². The third kappa shape index (κ3) is 3.94. The van der Waals surface area contributed by atoms with Gasteiger partial charge >= 0.3 is 0 Å². The van der Waals surface area contributed by atoms with Crippen LogP contribution in [0.25, 0.3) is 0 Å². The summed E-state index contributed by atoms with van der Waals surface area (Å²) in [7, 11) is 0. The first-order valence-corrected chi connectivity index (χ1v) is 7.78. The largest absolute Gasteiger partial charge is 0.207 e. The third-order valence-corrected chi connectivity index (χ3v) is 5.11. The molecule has 0 aliphatic heterocycles. The summed E-state index contributed by atoms with van der Waals surface area (Å²) in [6, 6.07) is 3.77. The summed E-state index contributed by atoms with van der Waals surface area (Å²) in [4.78, 5) is 0. The molecule has 112 valence electrons. The van der Waals surface area contributed by atoms with E-state index in [0.717, 1.165) is 25.3 Å². The highest BCUT2D eigenvalue weighted by atomic mass is 35.5. The van der Waals surface area contributed by atoms with E-state index in [9.17, 15) is 8.78 Å². The van der Waals surface area contributed by atoms with Crippen molar-refractivity contribution >= 4 is 11.6 Å². The van der Waals surface area contributed by atoms with Gasteiger partial charge in [0, 0.05) is 11.4 Å². The topological polar surface area (TPSA) is 0 Å².